The van der Waals surface area contributed by atoms with Gasteiger partial charge in [-0.25, -0.2) is 18.9 Å². The van der Waals surface area contributed by atoms with Gasteiger partial charge in [0, 0.05) is 0 Å². The molecule has 0 aromatic heterocycles. The molecule has 11 heteroatoms. The first-order valence-corrected chi connectivity index (χ1v) is 9.76. The fraction of sp³-hybridized carbons (Fsp3) is 0.0526. The van der Waals surface area contributed by atoms with Gasteiger partial charge in [-0.15, -0.1) is 0 Å². The highest BCUT2D eigenvalue weighted by Crippen LogP contribution is 2.35. The number of hydrogen-bond acceptors (Lipinski definition) is 5. The third kappa shape index (κ3) is 4.57. The lowest BCUT2D eigenvalue weighted by atomic mass is 10.1. The van der Waals surface area contributed by atoms with E-state index in [1.807, 2.05) is 0 Å². The standard InChI is InChI=1S/C19H11Br2FN2O6/c20-13-6-9(7-14(21)16(13)30-8-15(25)26)5-12-17(27)23-19(29)24(18(12)28)11-3-1-10(22)2-4-11/h1-7H,8H2,(H,25,26)(H,23,27,29). The van der Waals surface area contributed by atoms with Crippen molar-refractivity contribution in [2.45, 2.75) is 0 Å². The number of carbonyl (C=O) groups is 4. The maximum absolute atomic E-state index is 13.2. The van der Waals surface area contributed by atoms with E-state index in [9.17, 15) is 23.6 Å². The molecule has 1 saturated heterocycles. The summed E-state index contributed by atoms with van der Waals surface area (Å²) < 4.78 is 19.1. The maximum atomic E-state index is 13.2. The van der Waals surface area contributed by atoms with E-state index in [0.29, 0.717) is 14.5 Å². The first-order valence-electron chi connectivity index (χ1n) is 8.18. The lowest BCUT2D eigenvalue weighted by Crippen LogP contribution is -2.54. The molecule has 2 N–H and O–H groups in total. The summed E-state index contributed by atoms with van der Waals surface area (Å²) in [4.78, 5) is 48.6. The Morgan fingerprint density at radius 3 is 2.30 bits per heavy atom. The van der Waals surface area contributed by atoms with Crippen molar-refractivity contribution in [1.29, 1.82) is 0 Å². The topological polar surface area (TPSA) is 113 Å². The van der Waals surface area contributed by atoms with Gasteiger partial charge in [-0.2, -0.15) is 0 Å². The Kier molecular flexibility index (Phi) is 6.32. The van der Waals surface area contributed by atoms with Crippen LogP contribution in [-0.2, 0) is 14.4 Å². The van der Waals surface area contributed by atoms with E-state index in [4.69, 9.17) is 9.84 Å². The van der Waals surface area contributed by atoms with Crippen molar-refractivity contribution in [2.75, 3.05) is 11.5 Å². The first-order chi connectivity index (χ1) is 14.2. The summed E-state index contributed by atoms with van der Waals surface area (Å²) in [5.74, 6) is -3.25. The number of barbiturate groups is 1. The van der Waals surface area contributed by atoms with E-state index in [1.54, 1.807) is 0 Å². The summed E-state index contributed by atoms with van der Waals surface area (Å²) in [5, 5.41) is 10.8. The van der Waals surface area contributed by atoms with Gasteiger partial charge in [0.2, 0.25) is 0 Å². The van der Waals surface area contributed by atoms with Gasteiger partial charge in [0.1, 0.15) is 17.1 Å². The van der Waals surface area contributed by atoms with E-state index < -0.39 is 36.2 Å². The van der Waals surface area contributed by atoms with Crippen LogP contribution in [-0.4, -0.2) is 35.5 Å². The van der Waals surface area contributed by atoms with Crippen LogP contribution in [0.2, 0.25) is 0 Å². The molecule has 0 unspecified atom stereocenters. The Bertz CT molecular complexity index is 1080. The molecule has 0 bridgehead atoms. The average Bonchev–Trinajstić information content (AvgIpc) is 2.65. The molecule has 8 nitrogen and oxygen atoms in total. The van der Waals surface area contributed by atoms with Crippen molar-refractivity contribution in [3.8, 4) is 5.75 Å². The SMILES string of the molecule is O=C(O)COc1c(Br)cc(C=C2C(=O)NC(=O)N(c3ccc(F)cc3)C2=O)cc1Br. The number of imide groups is 2. The molecule has 3 rings (SSSR count). The number of halogens is 3. The number of amides is 4. The van der Waals surface area contributed by atoms with Gasteiger partial charge in [-0.1, -0.05) is 0 Å². The van der Waals surface area contributed by atoms with Crippen LogP contribution in [0.4, 0.5) is 14.9 Å². The van der Waals surface area contributed by atoms with Gasteiger partial charge >= 0.3 is 12.0 Å². The molecule has 0 radical (unpaired) electrons. The average molecular weight is 542 g/mol. The van der Waals surface area contributed by atoms with Crippen molar-refractivity contribution in [3.05, 3.63) is 62.3 Å². The van der Waals surface area contributed by atoms with E-state index in [-0.39, 0.29) is 17.0 Å². The molecule has 4 amide bonds. The molecule has 1 aliphatic heterocycles. The third-order valence-electron chi connectivity index (χ3n) is 3.86. The second kappa shape index (κ2) is 8.76. The van der Waals surface area contributed by atoms with Crippen LogP contribution in [0.5, 0.6) is 5.75 Å². The smallest absolute Gasteiger partial charge is 0.341 e. The van der Waals surface area contributed by atoms with Crippen LogP contribution in [0, 0.1) is 5.82 Å². The summed E-state index contributed by atoms with van der Waals surface area (Å²) in [7, 11) is 0. The minimum atomic E-state index is -1.16. The molecule has 2 aromatic rings. The molecule has 154 valence electrons. The molecule has 0 aliphatic carbocycles. The molecular formula is C19H11Br2FN2O6. The van der Waals surface area contributed by atoms with Gasteiger partial charge in [0.15, 0.2) is 6.61 Å². The largest absolute Gasteiger partial charge is 0.480 e. The normalized spacial score (nSPS) is 15.4. The summed E-state index contributed by atoms with van der Waals surface area (Å²) in [6, 6.07) is 6.71. The number of urea groups is 1. The number of hydrogen-bond donors (Lipinski definition) is 2. The van der Waals surface area contributed by atoms with Crippen molar-refractivity contribution in [3.63, 3.8) is 0 Å². The van der Waals surface area contributed by atoms with E-state index in [0.717, 1.165) is 17.0 Å². The van der Waals surface area contributed by atoms with Gasteiger partial charge < -0.3 is 9.84 Å². The number of rotatable bonds is 5. The number of nitrogens with one attached hydrogen (secondary N) is 1. The second-order valence-corrected chi connectivity index (χ2v) is 7.64. The van der Waals surface area contributed by atoms with Crippen LogP contribution >= 0.6 is 31.9 Å². The number of benzene rings is 2. The second-order valence-electron chi connectivity index (χ2n) is 5.93. The van der Waals surface area contributed by atoms with Gasteiger partial charge in [0.25, 0.3) is 11.8 Å². The van der Waals surface area contributed by atoms with Crippen molar-refractivity contribution in [1.82, 2.24) is 5.32 Å². The number of anilines is 1. The van der Waals surface area contributed by atoms with Crippen molar-refractivity contribution in [2.24, 2.45) is 0 Å². The van der Waals surface area contributed by atoms with E-state index in [1.165, 1.54) is 30.3 Å². The Balaban J connectivity index is 1.96. The number of carboxylic acids is 1. The number of carboxylic acid groups (broad SMARTS) is 1. The summed E-state index contributed by atoms with van der Waals surface area (Å²) in [5.41, 5.74) is 0.164. The minimum Gasteiger partial charge on any atom is -0.480 e. The van der Waals surface area contributed by atoms with Crippen LogP contribution in [0.3, 0.4) is 0 Å². The zero-order chi connectivity index (χ0) is 22.0. The number of aliphatic carboxylic acids is 1. The predicted molar refractivity (Wildman–Crippen MR) is 110 cm³/mol. The molecule has 0 atom stereocenters. The fourth-order valence-electron chi connectivity index (χ4n) is 2.58. The maximum Gasteiger partial charge on any atom is 0.341 e. The van der Waals surface area contributed by atoms with E-state index in [2.05, 4.69) is 37.2 Å². The number of nitrogens with zero attached hydrogens (tertiary/aromatic N) is 1. The molecular weight excluding hydrogens is 531 g/mol. The monoisotopic (exact) mass is 540 g/mol. The Labute approximate surface area is 185 Å². The number of carbonyl (C=O) groups excluding carboxylic acids is 3. The van der Waals surface area contributed by atoms with E-state index >= 15 is 0 Å². The first kappa shape index (κ1) is 21.7. The summed E-state index contributed by atoms with van der Waals surface area (Å²) in [6.45, 7) is -0.562. The zero-order valence-corrected chi connectivity index (χ0v) is 18.0. The molecule has 0 saturated carbocycles. The molecule has 1 fully saturated rings. The zero-order valence-electron chi connectivity index (χ0n) is 14.8. The highest BCUT2D eigenvalue weighted by molar-refractivity contribution is 9.11. The van der Waals surface area contributed by atoms with Gasteiger partial charge in [-0.05, 0) is 79.9 Å². The highest BCUT2D eigenvalue weighted by atomic mass is 79.9. The quantitative estimate of drug-likeness (QED) is 0.442. The van der Waals surface area contributed by atoms with Crippen molar-refractivity contribution < 1.29 is 33.4 Å². The summed E-state index contributed by atoms with van der Waals surface area (Å²) >= 11 is 6.49. The number of ether oxygens (including phenoxy) is 1. The fourth-order valence-corrected chi connectivity index (χ4v) is 4.03. The highest BCUT2D eigenvalue weighted by Gasteiger charge is 2.36. The van der Waals surface area contributed by atoms with Gasteiger partial charge in [-0.3, -0.25) is 14.9 Å². The Hall–Kier alpha value is -3.05. The molecule has 2 aromatic carbocycles. The molecule has 1 heterocycles. The predicted octanol–water partition coefficient (Wildman–Crippen LogP) is 3.48. The molecule has 30 heavy (non-hydrogen) atoms. The van der Waals surface area contributed by atoms with Crippen LogP contribution < -0.4 is 15.0 Å². The minimum absolute atomic E-state index is 0.0945. The Morgan fingerprint density at radius 1 is 1.13 bits per heavy atom. The lowest BCUT2D eigenvalue weighted by molar-refractivity contribution is -0.139. The summed E-state index contributed by atoms with van der Waals surface area (Å²) in [6.07, 6.45) is 1.26. The van der Waals surface area contributed by atoms with Crippen LogP contribution in [0.1, 0.15) is 5.56 Å². The Morgan fingerprint density at radius 2 is 1.73 bits per heavy atom. The van der Waals surface area contributed by atoms with Crippen LogP contribution in [0.15, 0.2) is 50.9 Å². The van der Waals surface area contributed by atoms with Crippen LogP contribution in [0.25, 0.3) is 6.08 Å². The lowest BCUT2D eigenvalue weighted by Gasteiger charge is -2.26. The van der Waals surface area contributed by atoms with Crippen molar-refractivity contribution >= 4 is 67.4 Å². The molecule has 1 aliphatic rings. The third-order valence-corrected chi connectivity index (χ3v) is 5.04. The van der Waals surface area contributed by atoms with Gasteiger partial charge in [0.05, 0.1) is 14.6 Å². The molecule has 0 spiro atoms.